The molecule has 0 aromatic rings. The summed E-state index contributed by atoms with van der Waals surface area (Å²) in [4.78, 5) is 23.0. The molecule has 138 valence electrons. The summed E-state index contributed by atoms with van der Waals surface area (Å²) in [5.41, 5.74) is 0. The predicted octanol–water partition coefficient (Wildman–Crippen LogP) is 3.90. The lowest BCUT2D eigenvalue weighted by molar-refractivity contribution is -0.212. The van der Waals surface area contributed by atoms with Crippen molar-refractivity contribution in [2.45, 2.75) is 65.0 Å². The zero-order chi connectivity index (χ0) is 18.8. The minimum atomic E-state index is -3.13. The molecular formula is C16H27O7P. The second kappa shape index (κ2) is 10.4. The monoisotopic (exact) mass is 362 g/mol. The van der Waals surface area contributed by atoms with Crippen molar-refractivity contribution in [3.63, 3.8) is 0 Å². The summed E-state index contributed by atoms with van der Waals surface area (Å²) in [7, 11) is -3.13. The summed E-state index contributed by atoms with van der Waals surface area (Å²) in [6.07, 6.45) is 3.05. The Labute approximate surface area is 143 Å². The molecule has 0 spiro atoms. The van der Waals surface area contributed by atoms with Crippen LogP contribution in [-0.4, -0.2) is 23.5 Å². The average Bonchev–Trinajstić information content (AvgIpc) is 2.59. The van der Waals surface area contributed by atoms with Crippen LogP contribution in [-0.2, 0) is 32.7 Å². The van der Waals surface area contributed by atoms with Gasteiger partial charge in [0.15, 0.2) is 0 Å². The Morgan fingerprint density at radius 1 is 0.833 bits per heavy atom. The van der Waals surface area contributed by atoms with Crippen molar-refractivity contribution < 1.29 is 32.7 Å². The highest BCUT2D eigenvalue weighted by Crippen LogP contribution is 2.42. The van der Waals surface area contributed by atoms with E-state index in [2.05, 4.69) is 13.2 Å². The summed E-state index contributed by atoms with van der Waals surface area (Å²) >= 11 is 0. The van der Waals surface area contributed by atoms with E-state index >= 15 is 0 Å². The van der Waals surface area contributed by atoms with Crippen LogP contribution in [0.1, 0.15) is 53.4 Å². The Morgan fingerprint density at radius 2 is 1.12 bits per heavy atom. The molecule has 24 heavy (non-hydrogen) atoms. The highest BCUT2D eigenvalue weighted by Gasteiger charge is 2.38. The maximum absolute atomic E-state index is 12.4. The molecule has 0 aliphatic heterocycles. The van der Waals surface area contributed by atoms with E-state index in [4.69, 9.17) is 18.5 Å². The zero-order valence-electron chi connectivity index (χ0n) is 14.8. The number of ether oxygens (including phenoxy) is 2. The number of carbonyl (C=O) groups is 2. The van der Waals surface area contributed by atoms with Crippen molar-refractivity contribution in [2.24, 2.45) is 0 Å². The molecule has 0 saturated heterocycles. The fraction of sp³-hybridized carbons (Fsp3) is 0.625. The summed E-state index contributed by atoms with van der Waals surface area (Å²) in [6, 6.07) is 0. The molecule has 0 aromatic carbocycles. The third-order valence-electron chi connectivity index (χ3n) is 3.60. The Morgan fingerprint density at radius 3 is 1.33 bits per heavy atom. The smallest absolute Gasteiger partial charge is 0.332 e. The van der Waals surface area contributed by atoms with Crippen LogP contribution in [0.15, 0.2) is 25.3 Å². The van der Waals surface area contributed by atoms with E-state index in [1.807, 2.05) is 0 Å². The normalized spacial score (nSPS) is 11.9. The number of hydrogen-bond acceptors (Lipinski definition) is 7. The Balaban J connectivity index is 5.21. The molecule has 0 bridgehead atoms. The minimum absolute atomic E-state index is 0.264. The first-order chi connectivity index (χ1) is 11.3. The van der Waals surface area contributed by atoms with E-state index in [0.29, 0.717) is 0 Å². The fourth-order valence-corrected chi connectivity index (χ4v) is 3.20. The summed E-state index contributed by atoms with van der Waals surface area (Å²) < 4.78 is 33.5. The summed E-state index contributed by atoms with van der Waals surface area (Å²) in [5.74, 6) is -4.17. The van der Waals surface area contributed by atoms with Gasteiger partial charge in [-0.3, -0.25) is 13.6 Å². The van der Waals surface area contributed by atoms with Crippen LogP contribution in [0.25, 0.3) is 0 Å². The van der Waals surface area contributed by atoms with E-state index in [0.717, 1.165) is 12.2 Å². The van der Waals surface area contributed by atoms with Crippen LogP contribution >= 0.6 is 8.25 Å². The van der Waals surface area contributed by atoms with Gasteiger partial charge in [0.1, 0.15) is 0 Å². The fourth-order valence-electron chi connectivity index (χ4n) is 1.89. The van der Waals surface area contributed by atoms with Crippen LogP contribution < -0.4 is 0 Å². The molecule has 0 aliphatic rings. The van der Waals surface area contributed by atoms with Gasteiger partial charge in [-0.15, -0.1) is 0 Å². The van der Waals surface area contributed by atoms with E-state index in [1.165, 1.54) is 0 Å². The third kappa shape index (κ3) is 6.59. The lowest BCUT2D eigenvalue weighted by Crippen LogP contribution is -2.37. The summed E-state index contributed by atoms with van der Waals surface area (Å²) in [5, 5.41) is 0. The van der Waals surface area contributed by atoms with Crippen LogP contribution in [0.2, 0.25) is 0 Å². The van der Waals surface area contributed by atoms with Gasteiger partial charge in [-0.05, 0) is 0 Å². The molecule has 0 amide bonds. The van der Waals surface area contributed by atoms with Gasteiger partial charge in [-0.1, -0.05) is 40.9 Å². The van der Waals surface area contributed by atoms with Crippen LogP contribution in [0.3, 0.4) is 0 Å². The standard InChI is InChI=1S/C16H27O7P/c1-7-13(17)20-15(9-3,10-4)22-24(19)23-16(11-5,12-6)21-14(18)8-2/h7-8,24H,1-2,9-12H2,3-6H3. The highest BCUT2D eigenvalue weighted by molar-refractivity contribution is 7.33. The Hall–Kier alpha value is -1.43. The number of hydrogen-bond donors (Lipinski definition) is 0. The van der Waals surface area contributed by atoms with Gasteiger partial charge < -0.3 is 9.47 Å². The van der Waals surface area contributed by atoms with Crippen molar-refractivity contribution >= 4 is 20.2 Å². The van der Waals surface area contributed by atoms with Gasteiger partial charge in [-0.2, -0.15) is 0 Å². The molecule has 7 nitrogen and oxygen atoms in total. The van der Waals surface area contributed by atoms with Gasteiger partial charge in [0, 0.05) is 37.8 Å². The van der Waals surface area contributed by atoms with E-state index < -0.39 is 31.8 Å². The SMILES string of the molecule is C=CC(=O)OC(CC)(CC)O[PH](=O)OC(CC)(CC)OC(=O)C=C. The molecule has 0 unspecified atom stereocenters. The van der Waals surface area contributed by atoms with Crippen molar-refractivity contribution in [1.29, 1.82) is 0 Å². The first-order valence-electron chi connectivity index (χ1n) is 7.88. The van der Waals surface area contributed by atoms with Crippen molar-refractivity contribution in [2.75, 3.05) is 0 Å². The van der Waals surface area contributed by atoms with Gasteiger partial charge in [0.25, 0.3) is 0 Å². The maximum atomic E-state index is 12.4. The molecule has 0 aliphatic carbocycles. The minimum Gasteiger partial charge on any atom is -0.429 e. The third-order valence-corrected chi connectivity index (χ3v) is 4.68. The second-order valence-corrected chi connectivity index (χ2v) is 5.85. The largest absolute Gasteiger partial charge is 0.429 e. The second-order valence-electron chi connectivity index (χ2n) is 4.94. The Kier molecular flexibility index (Phi) is 9.82. The average molecular weight is 362 g/mol. The van der Waals surface area contributed by atoms with Gasteiger partial charge in [-0.25, -0.2) is 9.59 Å². The molecule has 0 fully saturated rings. The number of carbonyl (C=O) groups excluding carboxylic acids is 2. The van der Waals surface area contributed by atoms with Crippen LogP contribution in [0.5, 0.6) is 0 Å². The lowest BCUT2D eigenvalue weighted by Gasteiger charge is -2.34. The Bertz CT molecular complexity index is 437. The van der Waals surface area contributed by atoms with Crippen LogP contribution in [0.4, 0.5) is 0 Å². The maximum Gasteiger partial charge on any atom is 0.332 e. The van der Waals surface area contributed by atoms with E-state index in [1.54, 1.807) is 27.7 Å². The molecule has 0 radical (unpaired) electrons. The molecule has 8 heteroatoms. The molecule has 0 N–H and O–H groups in total. The zero-order valence-corrected chi connectivity index (χ0v) is 15.8. The quantitative estimate of drug-likeness (QED) is 0.225. The van der Waals surface area contributed by atoms with E-state index in [9.17, 15) is 14.2 Å². The van der Waals surface area contributed by atoms with Gasteiger partial charge in [0.05, 0.1) is 0 Å². The van der Waals surface area contributed by atoms with Gasteiger partial charge >= 0.3 is 20.2 Å². The van der Waals surface area contributed by atoms with Crippen molar-refractivity contribution in [3.05, 3.63) is 25.3 Å². The van der Waals surface area contributed by atoms with Crippen molar-refractivity contribution in [1.82, 2.24) is 0 Å². The highest BCUT2D eigenvalue weighted by atomic mass is 31.1. The topological polar surface area (TPSA) is 88.1 Å². The van der Waals surface area contributed by atoms with Gasteiger partial charge in [0.2, 0.25) is 11.6 Å². The van der Waals surface area contributed by atoms with Crippen molar-refractivity contribution in [3.8, 4) is 0 Å². The van der Waals surface area contributed by atoms with E-state index in [-0.39, 0.29) is 25.7 Å². The first-order valence-corrected chi connectivity index (χ1v) is 9.11. The molecule has 0 aromatic heterocycles. The lowest BCUT2D eigenvalue weighted by atomic mass is 10.1. The molecule has 0 atom stereocenters. The molecular weight excluding hydrogens is 335 g/mol. The molecule has 0 rings (SSSR count). The first kappa shape index (κ1) is 22.6. The molecule has 0 heterocycles. The summed E-state index contributed by atoms with van der Waals surface area (Å²) in [6.45, 7) is 13.5. The molecule has 0 saturated carbocycles. The number of esters is 2. The number of rotatable bonds is 12. The predicted molar refractivity (Wildman–Crippen MR) is 90.4 cm³/mol. The van der Waals surface area contributed by atoms with Crippen LogP contribution in [0, 0.1) is 0 Å².